The van der Waals surface area contributed by atoms with E-state index in [0.717, 1.165) is 6.54 Å². The highest BCUT2D eigenvalue weighted by Crippen LogP contribution is 2.26. The van der Waals surface area contributed by atoms with Gasteiger partial charge in [0.2, 0.25) is 0 Å². The number of unbranched alkanes of at least 4 members (excludes halogenated alkanes) is 14. The van der Waals surface area contributed by atoms with Crippen LogP contribution in [0.1, 0.15) is 130 Å². The Labute approximate surface area is 164 Å². The molecule has 1 atom stereocenters. The molecular weight excluding hydrogens is 318 g/mol. The predicted octanol–water partition coefficient (Wildman–Crippen LogP) is 7.22. The van der Waals surface area contributed by atoms with Crippen LogP contribution in [0.25, 0.3) is 0 Å². The van der Waals surface area contributed by atoms with Crippen LogP contribution in [0.4, 0.5) is 0 Å². The number of rotatable bonds is 18. The van der Waals surface area contributed by atoms with Gasteiger partial charge < -0.3 is 0 Å². The molecule has 3 nitrogen and oxygen atoms in total. The number of nitrogens with one attached hydrogen (secondary N) is 1. The molecule has 26 heavy (non-hydrogen) atoms. The molecule has 0 radical (unpaired) electrons. The van der Waals surface area contributed by atoms with Crippen molar-refractivity contribution in [3.8, 4) is 0 Å². The van der Waals surface area contributed by atoms with Gasteiger partial charge in [-0.15, -0.1) is 0 Å². The average Bonchev–Trinajstić information content (AvgIpc) is 3.20. The van der Waals surface area contributed by atoms with Crippen LogP contribution in [0.15, 0.2) is 5.10 Å². The van der Waals surface area contributed by atoms with Gasteiger partial charge in [0.1, 0.15) is 0 Å². The maximum atomic E-state index is 4.15. The molecule has 1 unspecified atom stereocenters. The molecule has 1 aliphatic heterocycles. The highest BCUT2D eigenvalue weighted by atomic mass is 15.7. The lowest BCUT2D eigenvalue weighted by Crippen LogP contribution is -2.49. The van der Waals surface area contributed by atoms with Crippen molar-refractivity contribution in [3.05, 3.63) is 0 Å². The molecule has 0 saturated heterocycles. The Morgan fingerprint density at radius 1 is 0.769 bits per heavy atom. The normalized spacial score (nSPS) is 16.7. The van der Waals surface area contributed by atoms with Gasteiger partial charge in [0.15, 0.2) is 0 Å². The standard InChI is InChI=1S/C23H47N3/c1-4-6-7-8-9-10-11-12-13-14-15-16-17-18-19-20-23(3,5-2)26-22-21-24-25-26/h21,25H,4-20,22H2,1-3H3. The lowest BCUT2D eigenvalue weighted by Gasteiger charge is -2.37. The van der Waals surface area contributed by atoms with Crippen LogP contribution in [-0.4, -0.2) is 23.3 Å². The fraction of sp³-hybridized carbons (Fsp3) is 0.957. The largest absolute Gasteiger partial charge is 0.240 e. The van der Waals surface area contributed by atoms with E-state index in [2.05, 4.69) is 36.4 Å². The maximum absolute atomic E-state index is 4.15. The molecule has 3 heteroatoms. The molecule has 0 saturated carbocycles. The number of hydrazine groups is 1. The van der Waals surface area contributed by atoms with Crippen molar-refractivity contribution in [2.24, 2.45) is 5.10 Å². The molecule has 0 aromatic heterocycles. The molecule has 0 spiro atoms. The second-order valence-electron chi connectivity index (χ2n) is 8.57. The minimum absolute atomic E-state index is 0.257. The van der Waals surface area contributed by atoms with E-state index in [1.54, 1.807) is 0 Å². The summed E-state index contributed by atoms with van der Waals surface area (Å²) in [5, 5.41) is 6.45. The van der Waals surface area contributed by atoms with E-state index in [-0.39, 0.29) is 5.54 Å². The molecule has 154 valence electrons. The first-order valence-corrected chi connectivity index (χ1v) is 11.8. The molecule has 0 aromatic carbocycles. The van der Waals surface area contributed by atoms with Gasteiger partial charge in [0, 0.05) is 11.8 Å². The third-order valence-electron chi connectivity index (χ3n) is 6.27. The van der Waals surface area contributed by atoms with E-state index in [1.165, 1.54) is 109 Å². The van der Waals surface area contributed by atoms with Gasteiger partial charge in [-0.25, -0.2) is 5.53 Å². The highest BCUT2D eigenvalue weighted by Gasteiger charge is 2.30. The lowest BCUT2D eigenvalue weighted by atomic mass is 9.90. The number of nitrogens with zero attached hydrogens (tertiary/aromatic N) is 2. The van der Waals surface area contributed by atoms with Gasteiger partial charge >= 0.3 is 0 Å². The summed E-state index contributed by atoms with van der Waals surface area (Å²) in [5.74, 6) is 0. The number of hydrazone groups is 1. The van der Waals surface area contributed by atoms with Crippen molar-refractivity contribution in [3.63, 3.8) is 0 Å². The summed E-state index contributed by atoms with van der Waals surface area (Å²) in [7, 11) is 0. The zero-order valence-electron chi connectivity index (χ0n) is 18.2. The van der Waals surface area contributed by atoms with Crippen LogP contribution in [0.3, 0.4) is 0 Å². The van der Waals surface area contributed by atoms with Gasteiger partial charge in [-0.3, -0.25) is 0 Å². The van der Waals surface area contributed by atoms with Crippen LogP contribution in [0, 0.1) is 0 Å². The number of hydrogen-bond acceptors (Lipinski definition) is 3. The molecule has 1 N–H and O–H groups in total. The summed E-state index contributed by atoms with van der Waals surface area (Å²) in [6.07, 6.45) is 26.0. The van der Waals surface area contributed by atoms with Crippen LogP contribution in [0.2, 0.25) is 0 Å². The van der Waals surface area contributed by atoms with Crippen molar-refractivity contribution >= 4 is 6.21 Å². The first kappa shape index (κ1) is 23.5. The molecule has 0 bridgehead atoms. The van der Waals surface area contributed by atoms with Crippen molar-refractivity contribution in [2.45, 2.75) is 135 Å². The first-order valence-electron chi connectivity index (χ1n) is 11.8. The Kier molecular flexibility index (Phi) is 14.0. The first-order chi connectivity index (χ1) is 12.7. The van der Waals surface area contributed by atoms with E-state index < -0.39 is 0 Å². The second kappa shape index (κ2) is 15.5. The SMILES string of the molecule is CCCCCCCCCCCCCCCCCC(C)(CC)N1CC=NN1. The van der Waals surface area contributed by atoms with Crippen LogP contribution in [-0.2, 0) is 0 Å². The summed E-state index contributed by atoms with van der Waals surface area (Å²) in [6.45, 7) is 7.91. The van der Waals surface area contributed by atoms with E-state index in [0.29, 0.717) is 0 Å². The minimum Gasteiger partial charge on any atom is -0.240 e. The Hall–Kier alpha value is -0.570. The maximum Gasteiger partial charge on any atom is 0.0573 e. The number of hydrogen-bond donors (Lipinski definition) is 1. The summed E-state index contributed by atoms with van der Waals surface area (Å²) in [4.78, 5) is 0. The fourth-order valence-corrected chi connectivity index (χ4v) is 3.99. The third kappa shape index (κ3) is 10.5. The molecule has 0 fully saturated rings. The van der Waals surface area contributed by atoms with E-state index >= 15 is 0 Å². The summed E-state index contributed by atoms with van der Waals surface area (Å²) < 4.78 is 0. The van der Waals surface area contributed by atoms with E-state index in [9.17, 15) is 0 Å². The Morgan fingerprint density at radius 3 is 1.62 bits per heavy atom. The van der Waals surface area contributed by atoms with Crippen LogP contribution >= 0.6 is 0 Å². The van der Waals surface area contributed by atoms with E-state index in [1.807, 2.05) is 6.21 Å². The Balaban J connectivity index is 1.83. The predicted molar refractivity (Wildman–Crippen MR) is 117 cm³/mol. The second-order valence-corrected chi connectivity index (χ2v) is 8.57. The molecule has 0 aliphatic carbocycles. The van der Waals surface area contributed by atoms with E-state index in [4.69, 9.17) is 0 Å². The zero-order chi connectivity index (χ0) is 18.9. The van der Waals surface area contributed by atoms with Crippen molar-refractivity contribution in [2.75, 3.05) is 6.54 Å². The molecule has 0 aromatic rings. The van der Waals surface area contributed by atoms with Crippen LogP contribution < -0.4 is 5.53 Å². The Morgan fingerprint density at radius 2 is 1.23 bits per heavy atom. The zero-order valence-corrected chi connectivity index (χ0v) is 18.2. The van der Waals surface area contributed by atoms with Gasteiger partial charge in [0.25, 0.3) is 0 Å². The molecular formula is C23H47N3. The topological polar surface area (TPSA) is 27.6 Å². The quantitative estimate of drug-likeness (QED) is 0.260. The third-order valence-corrected chi connectivity index (χ3v) is 6.27. The van der Waals surface area contributed by atoms with Crippen LogP contribution in [0.5, 0.6) is 0 Å². The van der Waals surface area contributed by atoms with Crippen molar-refractivity contribution < 1.29 is 0 Å². The molecule has 0 amide bonds. The van der Waals surface area contributed by atoms with Gasteiger partial charge in [0.05, 0.1) is 6.54 Å². The molecule has 1 aliphatic rings. The van der Waals surface area contributed by atoms with Crippen molar-refractivity contribution in [1.29, 1.82) is 0 Å². The minimum atomic E-state index is 0.257. The Bertz CT molecular complexity index is 334. The van der Waals surface area contributed by atoms with Gasteiger partial charge in [-0.2, -0.15) is 10.1 Å². The summed E-state index contributed by atoms with van der Waals surface area (Å²) >= 11 is 0. The monoisotopic (exact) mass is 365 g/mol. The van der Waals surface area contributed by atoms with Gasteiger partial charge in [-0.05, 0) is 19.8 Å². The average molecular weight is 366 g/mol. The smallest absolute Gasteiger partial charge is 0.0573 e. The van der Waals surface area contributed by atoms with Gasteiger partial charge in [-0.1, -0.05) is 110 Å². The lowest BCUT2D eigenvalue weighted by molar-refractivity contribution is 0.0640. The van der Waals surface area contributed by atoms with Crippen molar-refractivity contribution in [1.82, 2.24) is 10.5 Å². The molecule has 1 heterocycles. The molecule has 1 rings (SSSR count). The highest BCUT2D eigenvalue weighted by molar-refractivity contribution is 5.60. The summed E-state index contributed by atoms with van der Waals surface area (Å²) in [6, 6.07) is 0. The fourth-order valence-electron chi connectivity index (χ4n) is 3.99. The summed E-state index contributed by atoms with van der Waals surface area (Å²) in [5.41, 5.74) is 3.41.